The summed E-state index contributed by atoms with van der Waals surface area (Å²) in [5.74, 6) is 0.287. The quantitative estimate of drug-likeness (QED) is 0.733. The molecule has 0 bridgehead atoms. The molecular weight excluding hydrogens is 198 g/mol. The lowest BCUT2D eigenvalue weighted by Crippen LogP contribution is -1.94. The van der Waals surface area contributed by atoms with E-state index in [1.54, 1.807) is 0 Å². The third kappa shape index (κ3) is 1.96. The first-order valence-electron chi connectivity index (χ1n) is 5.51. The lowest BCUT2D eigenvalue weighted by molar-refractivity contribution is -0.108. The van der Waals surface area contributed by atoms with Crippen molar-refractivity contribution in [2.45, 2.75) is 26.2 Å². The summed E-state index contributed by atoms with van der Waals surface area (Å²) in [5.41, 5.74) is 2.26. The van der Waals surface area contributed by atoms with Gasteiger partial charge in [0.2, 0.25) is 0 Å². The number of pyridine rings is 1. The first-order chi connectivity index (χ1) is 7.72. The smallest absolute Gasteiger partial charge is 0.120 e. The van der Waals surface area contributed by atoms with E-state index in [0.29, 0.717) is 6.42 Å². The van der Waals surface area contributed by atoms with E-state index >= 15 is 0 Å². The Morgan fingerprint density at radius 2 is 2.19 bits per heavy atom. The molecule has 2 rings (SSSR count). The number of hydrogen-bond donors (Lipinski definition) is 0. The van der Waals surface area contributed by atoms with Gasteiger partial charge in [0.25, 0.3) is 0 Å². The van der Waals surface area contributed by atoms with Gasteiger partial charge in [-0.1, -0.05) is 25.1 Å². The number of aldehydes is 1. The van der Waals surface area contributed by atoms with Crippen LogP contribution in [0.1, 0.15) is 30.5 Å². The maximum Gasteiger partial charge on any atom is 0.120 e. The van der Waals surface area contributed by atoms with Crippen LogP contribution in [0.4, 0.5) is 0 Å². The number of nitrogens with zero attached hydrogens (tertiary/aromatic N) is 1. The van der Waals surface area contributed by atoms with Crippen LogP contribution in [0.3, 0.4) is 0 Å². The lowest BCUT2D eigenvalue weighted by atomic mass is 9.96. The topological polar surface area (TPSA) is 30.0 Å². The van der Waals surface area contributed by atoms with Gasteiger partial charge < -0.3 is 4.79 Å². The molecule has 0 aliphatic heterocycles. The monoisotopic (exact) mass is 213 g/mol. The van der Waals surface area contributed by atoms with Crippen LogP contribution in [0.2, 0.25) is 0 Å². The van der Waals surface area contributed by atoms with E-state index in [4.69, 9.17) is 0 Å². The molecule has 0 N–H and O–H groups in total. The van der Waals surface area contributed by atoms with Crippen LogP contribution >= 0.6 is 0 Å². The second-order valence-electron chi connectivity index (χ2n) is 4.18. The van der Waals surface area contributed by atoms with E-state index in [-0.39, 0.29) is 5.92 Å². The van der Waals surface area contributed by atoms with Crippen molar-refractivity contribution in [1.29, 1.82) is 0 Å². The molecule has 0 spiro atoms. The number of aryl methyl sites for hydroxylation is 1. The van der Waals surface area contributed by atoms with Crippen LogP contribution in [-0.4, -0.2) is 11.3 Å². The van der Waals surface area contributed by atoms with Gasteiger partial charge in [-0.3, -0.25) is 4.98 Å². The fourth-order valence-electron chi connectivity index (χ4n) is 1.93. The third-order valence-electron chi connectivity index (χ3n) is 3.01. The molecule has 1 aromatic heterocycles. The minimum atomic E-state index is 0.287. The van der Waals surface area contributed by atoms with Gasteiger partial charge in [-0.05, 0) is 29.9 Å². The van der Waals surface area contributed by atoms with Crippen LogP contribution < -0.4 is 0 Å². The van der Waals surface area contributed by atoms with Crippen molar-refractivity contribution in [2.75, 3.05) is 0 Å². The molecule has 0 aliphatic carbocycles. The minimum absolute atomic E-state index is 0.287. The number of hydrogen-bond acceptors (Lipinski definition) is 2. The van der Waals surface area contributed by atoms with Crippen molar-refractivity contribution in [1.82, 2.24) is 4.98 Å². The van der Waals surface area contributed by atoms with Gasteiger partial charge >= 0.3 is 0 Å². The molecule has 1 atom stereocenters. The molecule has 0 aliphatic rings. The molecule has 1 aromatic carbocycles. The molecule has 1 heterocycles. The van der Waals surface area contributed by atoms with Gasteiger partial charge in [0, 0.05) is 23.7 Å². The third-order valence-corrected chi connectivity index (χ3v) is 3.01. The number of carbonyl (C=O) groups excluding carboxylic acids is 1. The van der Waals surface area contributed by atoms with Gasteiger partial charge in [-0.2, -0.15) is 0 Å². The highest BCUT2D eigenvalue weighted by Crippen LogP contribution is 2.24. The Balaban J connectivity index is 2.48. The van der Waals surface area contributed by atoms with Crippen molar-refractivity contribution in [3.05, 3.63) is 41.7 Å². The molecule has 82 valence electrons. The molecule has 2 nitrogen and oxygen atoms in total. The summed E-state index contributed by atoms with van der Waals surface area (Å²) in [6.07, 6.45) is 3.38. The first kappa shape index (κ1) is 10.8. The van der Waals surface area contributed by atoms with Crippen LogP contribution in [0.5, 0.6) is 0 Å². The Bertz CT molecular complexity index is 519. The largest absolute Gasteiger partial charge is 0.303 e. The Morgan fingerprint density at radius 1 is 1.38 bits per heavy atom. The van der Waals surface area contributed by atoms with Crippen LogP contribution in [0, 0.1) is 6.92 Å². The molecule has 16 heavy (non-hydrogen) atoms. The summed E-state index contributed by atoms with van der Waals surface area (Å²) in [6.45, 7) is 4.08. The van der Waals surface area contributed by atoms with E-state index in [0.717, 1.165) is 12.0 Å². The summed E-state index contributed by atoms with van der Waals surface area (Å²) in [7, 11) is 0. The van der Waals surface area contributed by atoms with Crippen LogP contribution in [0.15, 0.2) is 30.5 Å². The highest BCUT2D eigenvalue weighted by atomic mass is 16.1. The zero-order valence-electron chi connectivity index (χ0n) is 9.60. The summed E-state index contributed by atoms with van der Waals surface area (Å²) >= 11 is 0. The average molecular weight is 213 g/mol. The van der Waals surface area contributed by atoms with E-state index in [9.17, 15) is 4.79 Å². The highest BCUT2D eigenvalue weighted by Gasteiger charge is 2.06. The van der Waals surface area contributed by atoms with Crippen LogP contribution in [-0.2, 0) is 4.79 Å². The molecular formula is C14H15NO. The highest BCUT2D eigenvalue weighted by molar-refractivity contribution is 5.85. The summed E-state index contributed by atoms with van der Waals surface area (Å²) in [4.78, 5) is 14.8. The molecule has 2 aromatic rings. The summed E-state index contributed by atoms with van der Waals surface area (Å²) in [6, 6.07) is 8.34. The van der Waals surface area contributed by atoms with Gasteiger partial charge in [-0.15, -0.1) is 0 Å². The Hall–Kier alpha value is -1.70. The second-order valence-corrected chi connectivity index (χ2v) is 4.18. The molecule has 0 saturated carbocycles. The number of aromatic nitrogens is 1. The van der Waals surface area contributed by atoms with Gasteiger partial charge in [-0.25, -0.2) is 0 Å². The Morgan fingerprint density at radius 3 is 2.94 bits per heavy atom. The van der Waals surface area contributed by atoms with Crippen molar-refractivity contribution < 1.29 is 4.79 Å². The summed E-state index contributed by atoms with van der Waals surface area (Å²) in [5, 5.41) is 2.38. The number of fused-ring (bicyclic) bond motifs is 1. The van der Waals surface area contributed by atoms with E-state index in [2.05, 4.69) is 30.1 Å². The van der Waals surface area contributed by atoms with E-state index in [1.165, 1.54) is 16.3 Å². The molecule has 0 amide bonds. The molecule has 1 unspecified atom stereocenters. The molecule has 2 heteroatoms. The van der Waals surface area contributed by atoms with Crippen molar-refractivity contribution in [3.63, 3.8) is 0 Å². The Kier molecular flexibility index (Phi) is 3.00. The average Bonchev–Trinajstić information content (AvgIpc) is 2.29. The fraction of sp³-hybridized carbons (Fsp3) is 0.286. The second kappa shape index (κ2) is 4.44. The van der Waals surface area contributed by atoms with Gasteiger partial charge in [0.05, 0.1) is 0 Å². The first-order valence-corrected chi connectivity index (χ1v) is 5.51. The number of rotatable bonds is 3. The SMILES string of the molecule is Cc1nccc2cc(C(C)CC=O)ccc12. The minimum Gasteiger partial charge on any atom is -0.303 e. The molecule has 0 radical (unpaired) electrons. The maximum atomic E-state index is 10.5. The fourth-order valence-corrected chi connectivity index (χ4v) is 1.93. The lowest BCUT2D eigenvalue weighted by Gasteiger charge is -2.10. The zero-order valence-corrected chi connectivity index (χ0v) is 9.60. The van der Waals surface area contributed by atoms with Crippen molar-refractivity contribution in [3.8, 4) is 0 Å². The molecule has 0 saturated heterocycles. The maximum absolute atomic E-state index is 10.5. The van der Waals surface area contributed by atoms with Gasteiger partial charge in [0.15, 0.2) is 0 Å². The van der Waals surface area contributed by atoms with Crippen molar-refractivity contribution >= 4 is 17.1 Å². The Labute approximate surface area is 95.3 Å². The standard InChI is InChI=1S/C14H15NO/c1-10(6-8-16)12-3-4-14-11(2)15-7-5-13(14)9-12/h3-5,7-10H,6H2,1-2H3. The van der Waals surface area contributed by atoms with Crippen LogP contribution in [0.25, 0.3) is 10.8 Å². The zero-order chi connectivity index (χ0) is 11.5. The predicted molar refractivity (Wildman–Crippen MR) is 65.6 cm³/mol. The number of carbonyl (C=O) groups is 1. The normalized spacial score (nSPS) is 12.6. The predicted octanol–water partition coefficient (Wildman–Crippen LogP) is 3.24. The van der Waals surface area contributed by atoms with E-state index in [1.807, 2.05) is 19.2 Å². The summed E-state index contributed by atoms with van der Waals surface area (Å²) < 4.78 is 0. The van der Waals surface area contributed by atoms with Crippen molar-refractivity contribution in [2.24, 2.45) is 0 Å². The molecule has 0 fully saturated rings. The van der Waals surface area contributed by atoms with Gasteiger partial charge in [0.1, 0.15) is 6.29 Å². The van der Waals surface area contributed by atoms with E-state index < -0.39 is 0 Å². The number of benzene rings is 1.